The Morgan fingerprint density at radius 1 is 1.08 bits per heavy atom. The van der Waals surface area contributed by atoms with Gasteiger partial charge in [-0.3, -0.25) is 4.79 Å². The highest BCUT2D eigenvalue weighted by atomic mass is 16.5. The maximum Gasteiger partial charge on any atom is 0.244 e. The van der Waals surface area contributed by atoms with Gasteiger partial charge in [0, 0.05) is 11.6 Å². The normalized spacial score (nSPS) is 10.9. The molecule has 0 heterocycles. The van der Waals surface area contributed by atoms with Crippen LogP contribution in [0.15, 0.2) is 54.6 Å². The van der Waals surface area contributed by atoms with Crippen molar-refractivity contribution in [2.24, 2.45) is 0 Å². The molecular weight excluding hydrogens is 314 g/mol. The van der Waals surface area contributed by atoms with Gasteiger partial charge in [0.15, 0.2) is 0 Å². The summed E-state index contributed by atoms with van der Waals surface area (Å²) >= 11 is 0. The lowest BCUT2D eigenvalue weighted by atomic mass is 10.0. The molecule has 132 valence electrons. The van der Waals surface area contributed by atoms with Crippen LogP contribution in [0, 0.1) is 0 Å². The predicted octanol–water partition coefficient (Wildman–Crippen LogP) is 4.03. The molecule has 0 saturated carbocycles. The smallest absolute Gasteiger partial charge is 0.244 e. The van der Waals surface area contributed by atoms with Crippen molar-refractivity contribution in [2.45, 2.75) is 19.8 Å². The minimum atomic E-state index is -0.161. The van der Waals surface area contributed by atoms with Crippen LogP contribution < -0.4 is 14.8 Å². The number of rotatable bonds is 8. The van der Waals surface area contributed by atoms with E-state index in [1.54, 1.807) is 13.2 Å². The molecule has 0 aliphatic carbocycles. The lowest BCUT2D eigenvalue weighted by Crippen LogP contribution is -2.26. The van der Waals surface area contributed by atoms with E-state index in [1.165, 1.54) is 11.6 Å². The van der Waals surface area contributed by atoms with Crippen LogP contribution in [0.25, 0.3) is 6.08 Å². The van der Waals surface area contributed by atoms with Gasteiger partial charge >= 0.3 is 0 Å². The maximum atomic E-state index is 11.9. The van der Waals surface area contributed by atoms with E-state index in [0.717, 1.165) is 17.1 Å². The lowest BCUT2D eigenvalue weighted by Gasteiger charge is -2.13. The van der Waals surface area contributed by atoms with Crippen LogP contribution in [-0.4, -0.2) is 26.2 Å². The summed E-state index contributed by atoms with van der Waals surface area (Å²) in [6.45, 7) is 5.14. The first-order valence-corrected chi connectivity index (χ1v) is 8.42. The number of para-hydroxylation sites is 2. The number of hydrogen-bond donors (Lipinski definition) is 1. The summed E-state index contributed by atoms with van der Waals surface area (Å²) in [5.74, 6) is 1.85. The summed E-state index contributed by atoms with van der Waals surface area (Å²) in [6.07, 6.45) is 3.24. The summed E-state index contributed by atoms with van der Waals surface area (Å²) in [5, 5.41) is 2.82. The summed E-state index contributed by atoms with van der Waals surface area (Å²) in [5.41, 5.74) is 2.03. The number of hydrogen-bond acceptors (Lipinski definition) is 3. The summed E-state index contributed by atoms with van der Waals surface area (Å²) in [6, 6.07) is 15.5. The molecule has 4 heteroatoms. The van der Waals surface area contributed by atoms with E-state index >= 15 is 0 Å². The average molecular weight is 339 g/mol. The number of ether oxygens (including phenoxy) is 2. The topological polar surface area (TPSA) is 47.6 Å². The van der Waals surface area contributed by atoms with Crippen molar-refractivity contribution < 1.29 is 14.3 Å². The second-order valence-corrected chi connectivity index (χ2v) is 5.91. The van der Waals surface area contributed by atoms with Crippen LogP contribution in [-0.2, 0) is 4.79 Å². The van der Waals surface area contributed by atoms with Crippen LogP contribution in [0.4, 0.5) is 0 Å². The summed E-state index contributed by atoms with van der Waals surface area (Å²) in [7, 11) is 1.61. The average Bonchev–Trinajstić information content (AvgIpc) is 2.64. The first-order valence-electron chi connectivity index (χ1n) is 8.42. The van der Waals surface area contributed by atoms with Gasteiger partial charge in [0.25, 0.3) is 0 Å². The van der Waals surface area contributed by atoms with Crippen molar-refractivity contribution in [1.82, 2.24) is 5.32 Å². The Kier molecular flexibility index (Phi) is 7.08. The van der Waals surface area contributed by atoms with Crippen LogP contribution in [0.2, 0.25) is 0 Å². The van der Waals surface area contributed by atoms with Crippen molar-refractivity contribution in [3.63, 3.8) is 0 Å². The molecule has 2 rings (SSSR count). The van der Waals surface area contributed by atoms with E-state index in [0.29, 0.717) is 19.1 Å². The van der Waals surface area contributed by atoms with Crippen molar-refractivity contribution in [2.75, 3.05) is 20.3 Å². The van der Waals surface area contributed by atoms with E-state index in [9.17, 15) is 4.79 Å². The summed E-state index contributed by atoms with van der Waals surface area (Å²) < 4.78 is 11.0. The fourth-order valence-electron chi connectivity index (χ4n) is 2.45. The van der Waals surface area contributed by atoms with Crippen molar-refractivity contribution >= 4 is 12.0 Å². The van der Waals surface area contributed by atoms with Gasteiger partial charge in [0.05, 0.1) is 13.7 Å². The fraction of sp³-hybridized carbons (Fsp3) is 0.286. The molecule has 0 aromatic heterocycles. The van der Waals surface area contributed by atoms with Gasteiger partial charge < -0.3 is 14.8 Å². The Labute approximate surface area is 149 Å². The monoisotopic (exact) mass is 339 g/mol. The molecule has 2 aromatic rings. The van der Waals surface area contributed by atoms with Crippen LogP contribution in [0.5, 0.6) is 11.5 Å². The first-order chi connectivity index (χ1) is 12.1. The molecule has 0 spiro atoms. The molecule has 25 heavy (non-hydrogen) atoms. The Hall–Kier alpha value is -2.75. The van der Waals surface area contributed by atoms with E-state index in [1.807, 2.05) is 42.5 Å². The zero-order chi connectivity index (χ0) is 18.1. The quantitative estimate of drug-likeness (QED) is 0.583. The van der Waals surface area contributed by atoms with Gasteiger partial charge in [-0.25, -0.2) is 0 Å². The minimum Gasteiger partial charge on any atom is -0.496 e. The molecule has 0 bridgehead atoms. The largest absolute Gasteiger partial charge is 0.496 e. The minimum absolute atomic E-state index is 0.161. The van der Waals surface area contributed by atoms with Crippen molar-refractivity contribution in [3.8, 4) is 11.5 Å². The van der Waals surface area contributed by atoms with Gasteiger partial charge in [0.1, 0.15) is 18.1 Å². The van der Waals surface area contributed by atoms with E-state index in [4.69, 9.17) is 9.47 Å². The van der Waals surface area contributed by atoms with Gasteiger partial charge in [-0.2, -0.15) is 0 Å². The van der Waals surface area contributed by atoms with Gasteiger partial charge in [-0.15, -0.1) is 0 Å². The van der Waals surface area contributed by atoms with Gasteiger partial charge in [-0.1, -0.05) is 50.2 Å². The molecule has 0 atom stereocenters. The highest BCUT2D eigenvalue weighted by Gasteiger charge is 2.06. The van der Waals surface area contributed by atoms with E-state index < -0.39 is 0 Å². The summed E-state index contributed by atoms with van der Waals surface area (Å²) in [4.78, 5) is 11.9. The second-order valence-electron chi connectivity index (χ2n) is 5.91. The first kappa shape index (κ1) is 18.6. The Morgan fingerprint density at radius 2 is 1.76 bits per heavy atom. The molecule has 2 aromatic carbocycles. The zero-order valence-corrected chi connectivity index (χ0v) is 15.0. The molecule has 0 radical (unpaired) electrons. The highest BCUT2D eigenvalue weighted by molar-refractivity contribution is 5.92. The van der Waals surface area contributed by atoms with E-state index in [-0.39, 0.29) is 5.91 Å². The molecule has 0 unspecified atom stereocenters. The maximum absolute atomic E-state index is 11.9. The second kappa shape index (κ2) is 9.52. The van der Waals surface area contributed by atoms with Crippen LogP contribution >= 0.6 is 0 Å². The third-order valence-corrected chi connectivity index (χ3v) is 3.75. The van der Waals surface area contributed by atoms with Crippen molar-refractivity contribution in [3.05, 3.63) is 65.7 Å². The number of benzene rings is 2. The van der Waals surface area contributed by atoms with Crippen molar-refractivity contribution in [1.29, 1.82) is 0 Å². The van der Waals surface area contributed by atoms with Crippen LogP contribution in [0.1, 0.15) is 30.9 Å². The zero-order valence-electron chi connectivity index (χ0n) is 15.0. The molecule has 1 N–H and O–H groups in total. The Balaban J connectivity index is 1.80. The molecule has 1 amide bonds. The third kappa shape index (κ3) is 5.68. The number of carbonyl (C=O) groups is 1. The highest BCUT2D eigenvalue weighted by Crippen LogP contribution is 2.25. The molecule has 0 fully saturated rings. The standard InChI is InChI=1S/C21H25NO3/c1-16(2)18-9-5-7-11-20(18)25-15-14-22-21(23)13-12-17-8-4-6-10-19(17)24-3/h4-13,16H,14-15H2,1-3H3,(H,22,23)/b13-12+. The van der Waals surface area contributed by atoms with Gasteiger partial charge in [-0.05, 0) is 29.7 Å². The molecular formula is C21H25NO3. The Bertz CT molecular complexity index is 723. The van der Waals surface area contributed by atoms with Crippen LogP contribution in [0.3, 0.4) is 0 Å². The third-order valence-electron chi connectivity index (χ3n) is 3.75. The van der Waals surface area contributed by atoms with E-state index in [2.05, 4.69) is 25.2 Å². The number of nitrogens with one attached hydrogen (secondary N) is 1. The predicted molar refractivity (Wildman–Crippen MR) is 101 cm³/mol. The fourth-order valence-corrected chi connectivity index (χ4v) is 2.45. The molecule has 0 aliphatic rings. The SMILES string of the molecule is COc1ccccc1/C=C/C(=O)NCCOc1ccccc1C(C)C. The number of methoxy groups -OCH3 is 1. The Morgan fingerprint density at radius 3 is 2.48 bits per heavy atom. The number of carbonyl (C=O) groups excluding carboxylic acids is 1. The number of amides is 1. The molecule has 4 nitrogen and oxygen atoms in total. The molecule has 0 aliphatic heterocycles. The van der Waals surface area contributed by atoms with Gasteiger partial charge in [0.2, 0.25) is 5.91 Å². The molecule has 0 saturated heterocycles. The lowest BCUT2D eigenvalue weighted by molar-refractivity contribution is -0.116.